The summed E-state index contributed by atoms with van der Waals surface area (Å²) in [6.45, 7) is 6.55. The molecule has 2 N–H and O–H groups in total. The molecule has 0 saturated heterocycles. The van der Waals surface area contributed by atoms with E-state index in [0.717, 1.165) is 30.6 Å². The van der Waals surface area contributed by atoms with Gasteiger partial charge in [0, 0.05) is 30.5 Å². The molecule has 0 aliphatic rings. The normalized spacial score (nSPS) is 12.0. The van der Waals surface area contributed by atoms with Gasteiger partial charge in [0.25, 0.3) is 0 Å². The number of aromatic nitrogens is 1. The summed E-state index contributed by atoms with van der Waals surface area (Å²) >= 11 is 1.72. The number of aryl methyl sites for hydroxylation is 2. The van der Waals surface area contributed by atoms with Gasteiger partial charge < -0.3 is 15.4 Å². The monoisotopic (exact) mass is 347 g/mol. The van der Waals surface area contributed by atoms with Crippen LogP contribution in [-0.4, -0.2) is 24.5 Å². The van der Waals surface area contributed by atoms with E-state index in [9.17, 15) is 4.79 Å². The Morgan fingerprint density at radius 3 is 2.83 bits per heavy atom. The van der Waals surface area contributed by atoms with Gasteiger partial charge in [-0.3, -0.25) is 4.79 Å². The van der Waals surface area contributed by atoms with Gasteiger partial charge in [-0.05, 0) is 44.5 Å². The zero-order valence-electron chi connectivity index (χ0n) is 14.7. The molecule has 1 aromatic heterocycles. The van der Waals surface area contributed by atoms with E-state index < -0.39 is 0 Å². The molecular weight excluding hydrogens is 322 g/mol. The van der Waals surface area contributed by atoms with E-state index in [1.165, 1.54) is 11.9 Å². The van der Waals surface area contributed by atoms with Crippen LogP contribution in [0.3, 0.4) is 0 Å². The van der Waals surface area contributed by atoms with Crippen LogP contribution in [0, 0.1) is 6.92 Å². The number of nitrogens with zero attached hydrogens (tertiary/aromatic N) is 1. The third kappa shape index (κ3) is 5.32. The topological polar surface area (TPSA) is 63.2 Å². The zero-order valence-corrected chi connectivity index (χ0v) is 15.5. The maximum absolute atomic E-state index is 11.3. The number of anilines is 1. The second-order valence-corrected chi connectivity index (χ2v) is 6.75. The number of thiazole rings is 1. The van der Waals surface area contributed by atoms with Crippen molar-refractivity contribution in [1.82, 2.24) is 10.3 Å². The molecule has 0 aliphatic carbocycles. The first kappa shape index (κ1) is 18.4. The molecule has 5 nitrogen and oxygen atoms in total. The lowest BCUT2D eigenvalue weighted by atomic mass is 10.1. The van der Waals surface area contributed by atoms with Crippen molar-refractivity contribution < 1.29 is 9.53 Å². The van der Waals surface area contributed by atoms with E-state index in [-0.39, 0.29) is 11.9 Å². The van der Waals surface area contributed by atoms with Gasteiger partial charge in [-0.15, -0.1) is 11.3 Å². The molecule has 1 atom stereocenters. The van der Waals surface area contributed by atoms with Gasteiger partial charge in [0.1, 0.15) is 5.75 Å². The molecule has 130 valence electrons. The summed E-state index contributed by atoms with van der Waals surface area (Å²) < 4.78 is 5.29. The van der Waals surface area contributed by atoms with Gasteiger partial charge in [0.15, 0.2) is 0 Å². The van der Waals surface area contributed by atoms with Gasteiger partial charge in [-0.1, -0.05) is 6.07 Å². The molecule has 0 radical (unpaired) electrons. The summed E-state index contributed by atoms with van der Waals surface area (Å²) in [6.07, 6.45) is 2.05. The molecule has 6 heteroatoms. The van der Waals surface area contributed by atoms with Crippen LogP contribution in [0.4, 0.5) is 5.69 Å². The van der Waals surface area contributed by atoms with Crippen molar-refractivity contribution in [3.8, 4) is 5.75 Å². The SMILES string of the molecule is COc1ccc([C@@H](C)NCCCc2nc(C)cs2)cc1NC(C)=O. The fourth-order valence-electron chi connectivity index (χ4n) is 2.48. The van der Waals surface area contributed by atoms with Crippen LogP contribution in [0.5, 0.6) is 5.75 Å². The first-order valence-electron chi connectivity index (χ1n) is 8.09. The summed E-state index contributed by atoms with van der Waals surface area (Å²) in [6, 6.07) is 6.06. The highest BCUT2D eigenvalue weighted by Gasteiger charge is 2.10. The minimum atomic E-state index is -0.107. The summed E-state index contributed by atoms with van der Waals surface area (Å²) in [4.78, 5) is 15.8. The van der Waals surface area contributed by atoms with E-state index in [1.54, 1.807) is 18.4 Å². The second kappa shape index (κ2) is 8.80. The number of carbonyl (C=O) groups excluding carboxylic acids is 1. The Kier molecular flexibility index (Phi) is 6.75. The number of ether oxygens (including phenoxy) is 1. The average Bonchev–Trinajstić information content (AvgIpc) is 2.96. The van der Waals surface area contributed by atoms with Gasteiger partial charge in [0.05, 0.1) is 17.8 Å². The Morgan fingerprint density at radius 2 is 2.21 bits per heavy atom. The largest absolute Gasteiger partial charge is 0.495 e. The molecule has 0 unspecified atom stereocenters. The summed E-state index contributed by atoms with van der Waals surface area (Å²) in [7, 11) is 1.60. The highest BCUT2D eigenvalue weighted by atomic mass is 32.1. The van der Waals surface area contributed by atoms with Crippen molar-refractivity contribution in [2.75, 3.05) is 19.0 Å². The molecule has 0 spiro atoms. The number of rotatable bonds is 8. The molecule has 2 aromatic rings. The molecule has 2 rings (SSSR count). The Bertz CT molecular complexity index is 685. The van der Waals surface area contributed by atoms with Crippen molar-refractivity contribution in [2.24, 2.45) is 0 Å². The number of nitrogens with one attached hydrogen (secondary N) is 2. The fourth-order valence-corrected chi connectivity index (χ4v) is 3.29. The van der Waals surface area contributed by atoms with Gasteiger partial charge in [-0.2, -0.15) is 0 Å². The fraction of sp³-hybridized carbons (Fsp3) is 0.444. The van der Waals surface area contributed by atoms with Crippen LogP contribution in [0.1, 0.15) is 42.6 Å². The van der Waals surface area contributed by atoms with Crippen LogP contribution in [0.2, 0.25) is 0 Å². The highest BCUT2D eigenvalue weighted by molar-refractivity contribution is 7.09. The van der Waals surface area contributed by atoms with E-state index in [4.69, 9.17) is 4.74 Å². The minimum absolute atomic E-state index is 0.107. The number of hydrogen-bond acceptors (Lipinski definition) is 5. The Morgan fingerprint density at radius 1 is 1.42 bits per heavy atom. The molecule has 24 heavy (non-hydrogen) atoms. The predicted molar refractivity (Wildman–Crippen MR) is 98.9 cm³/mol. The maximum atomic E-state index is 11.3. The van der Waals surface area contributed by atoms with E-state index in [1.807, 2.05) is 25.1 Å². The van der Waals surface area contributed by atoms with Crippen LogP contribution in [0.15, 0.2) is 23.6 Å². The molecule has 0 bridgehead atoms. The molecule has 0 saturated carbocycles. The van der Waals surface area contributed by atoms with E-state index in [2.05, 4.69) is 27.9 Å². The Labute approximate surface area is 147 Å². The number of carbonyl (C=O) groups is 1. The van der Waals surface area contributed by atoms with Gasteiger partial charge >= 0.3 is 0 Å². The Balaban J connectivity index is 1.89. The Hall–Kier alpha value is -1.92. The smallest absolute Gasteiger partial charge is 0.221 e. The van der Waals surface area contributed by atoms with Crippen molar-refractivity contribution in [1.29, 1.82) is 0 Å². The highest BCUT2D eigenvalue weighted by Crippen LogP contribution is 2.28. The van der Waals surface area contributed by atoms with Gasteiger partial charge in [0.2, 0.25) is 5.91 Å². The third-order valence-corrected chi connectivity index (χ3v) is 4.75. The minimum Gasteiger partial charge on any atom is -0.495 e. The third-order valence-electron chi connectivity index (χ3n) is 3.72. The zero-order chi connectivity index (χ0) is 17.5. The quantitative estimate of drug-likeness (QED) is 0.715. The van der Waals surface area contributed by atoms with Crippen molar-refractivity contribution in [2.45, 2.75) is 39.7 Å². The van der Waals surface area contributed by atoms with Crippen molar-refractivity contribution in [3.63, 3.8) is 0 Å². The molecule has 0 fully saturated rings. The van der Waals surface area contributed by atoms with Crippen LogP contribution < -0.4 is 15.4 Å². The van der Waals surface area contributed by atoms with Crippen LogP contribution in [-0.2, 0) is 11.2 Å². The second-order valence-electron chi connectivity index (χ2n) is 5.80. The summed E-state index contributed by atoms with van der Waals surface area (Å²) in [5, 5.41) is 9.61. The van der Waals surface area contributed by atoms with E-state index in [0.29, 0.717) is 11.4 Å². The summed E-state index contributed by atoms with van der Waals surface area (Å²) in [5.74, 6) is 0.560. The average molecular weight is 347 g/mol. The first-order chi connectivity index (χ1) is 11.5. The first-order valence-corrected chi connectivity index (χ1v) is 8.97. The van der Waals surface area contributed by atoms with Crippen LogP contribution in [0.25, 0.3) is 0 Å². The van der Waals surface area contributed by atoms with Crippen molar-refractivity contribution in [3.05, 3.63) is 39.8 Å². The van der Waals surface area contributed by atoms with Crippen molar-refractivity contribution >= 4 is 22.9 Å². The summed E-state index contributed by atoms with van der Waals surface area (Å²) in [5.41, 5.74) is 2.92. The number of amides is 1. The van der Waals surface area contributed by atoms with Crippen LogP contribution >= 0.6 is 11.3 Å². The lowest BCUT2D eigenvalue weighted by molar-refractivity contribution is -0.114. The van der Waals surface area contributed by atoms with E-state index >= 15 is 0 Å². The molecule has 1 amide bonds. The van der Waals surface area contributed by atoms with Gasteiger partial charge in [-0.25, -0.2) is 4.98 Å². The lowest BCUT2D eigenvalue weighted by Crippen LogP contribution is -2.20. The number of hydrogen-bond donors (Lipinski definition) is 2. The lowest BCUT2D eigenvalue weighted by Gasteiger charge is -2.17. The standard InChI is InChI=1S/C18H25N3O2S/c1-12-11-24-18(20-12)6-5-9-19-13(2)15-7-8-17(23-4)16(10-15)21-14(3)22/h7-8,10-11,13,19H,5-6,9H2,1-4H3,(H,21,22)/t13-/m1/s1. The predicted octanol–water partition coefficient (Wildman–Crippen LogP) is 3.70. The molecule has 1 heterocycles. The molecular formula is C18H25N3O2S. The maximum Gasteiger partial charge on any atom is 0.221 e. The number of methoxy groups -OCH3 is 1. The number of benzene rings is 1. The molecule has 0 aliphatic heterocycles. The molecule has 1 aromatic carbocycles.